The molecule has 0 fully saturated rings. The van der Waals surface area contributed by atoms with Gasteiger partial charge in [0.1, 0.15) is 5.75 Å². The van der Waals surface area contributed by atoms with Crippen LogP contribution in [-0.4, -0.2) is 25.5 Å². The Morgan fingerprint density at radius 1 is 1.22 bits per heavy atom. The lowest BCUT2D eigenvalue weighted by Gasteiger charge is -2.26. The summed E-state index contributed by atoms with van der Waals surface area (Å²) in [6, 6.07) is 10.7. The van der Waals surface area contributed by atoms with Crippen LogP contribution in [0.4, 0.5) is 10.5 Å². The zero-order valence-corrected chi connectivity index (χ0v) is 17.0. The first-order valence-electron chi connectivity index (χ1n) is 7.92. The Labute approximate surface area is 165 Å². The highest BCUT2D eigenvalue weighted by Crippen LogP contribution is 2.27. The molecular formula is C17H17N3O4S3. The van der Waals surface area contributed by atoms with Crippen LogP contribution in [0.1, 0.15) is 13.8 Å². The fourth-order valence-corrected chi connectivity index (χ4v) is 4.21. The number of sulfonamides is 1. The SMILES string of the molecule is CC(C)N(C(=O)Oc1ccc(S(N)(=O)=O)cc1)c1ccc2[nH]c(=S)sc2c1. The number of primary sulfonamides is 1. The highest BCUT2D eigenvalue weighted by molar-refractivity contribution is 7.89. The number of ether oxygens (including phenoxy) is 1. The topological polar surface area (TPSA) is 105 Å². The summed E-state index contributed by atoms with van der Waals surface area (Å²) in [5, 5.41) is 5.07. The Balaban J connectivity index is 1.87. The molecular weight excluding hydrogens is 406 g/mol. The number of thiazole rings is 1. The van der Waals surface area contributed by atoms with E-state index in [0.29, 0.717) is 9.64 Å². The van der Waals surface area contributed by atoms with Gasteiger partial charge in [-0.15, -0.1) is 11.3 Å². The first kappa shape index (κ1) is 19.5. The van der Waals surface area contributed by atoms with Gasteiger partial charge in [-0.1, -0.05) is 0 Å². The zero-order chi connectivity index (χ0) is 19.8. The third-order valence-electron chi connectivity index (χ3n) is 3.75. The van der Waals surface area contributed by atoms with E-state index in [-0.39, 0.29) is 16.7 Å². The van der Waals surface area contributed by atoms with Crippen molar-refractivity contribution in [3.63, 3.8) is 0 Å². The van der Waals surface area contributed by atoms with Gasteiger partial charge < -0.3 is 9.72 Å². The molecule has 0 atom stereocenters. The number of rotatable bonds is 4. The summed E-state index contributed by atoms with van der Waals surface area (Å²) in [6.07, 6.45) is -0.577. The van der Waals surface area contributed by atoms with E-state index < -0.39 is 16.1 Å². The average molecular weight is 424 g/mol. The predicted octanol–water partition coefficient (Wildman–Crippen LogP) is 4.02. The molecule has 10 heteroatoms. The Morgan fingerprint density at radius 2 is 1.89 bits per heavy atom. The number of aromatic amines is 1. The number of hydrogen-bond donors (Lipinski definition) is 2. The normalized spacial score (nSPS) is 11.7. The summed E-state index contributed by atoms with van der Waals surface area (Å²) in [6.45, 7) is 3.74. The van der Waals surface area contributed by atoms with Crippen molar-refractivity contribution >= 4 is 55.6 Å². The number of nitrogens with zero attached hydrogens (tertiary/aromatic N) is 1. The Morgan fingerprint density at radius 3 is 2.48 bits per heavy atom. The molecule has 0 bridgehead atoms. The number of carbonyl (C=O) groups excluding carboxylic acids is 1. The maximum Gasteiger partial charge on any atom is 0.419 e. The lowest BCUT2D eigenvalue weighted by molar-refractivity contribution is 0.206. The van der Waals surface area contributed by atoms with Crippen molar-refractivity contribution in [3.05, 3.63) is 46.4 Å². The molecule has 2 aromatic carbocycles. The Hall–Kier alpha value is -2.27. The van der Waals surface area contributed by atoms with E-state index in [2.05, 4.69) is 4.98 Å². The van der Waals surface area contributed by atoms with E-state index in [1.807, 2.05) is 32.0 Å². The zero-order valence-electron chi connectivity index (χ0n) is 14.5. The smallest absolute Gasteiger partial charge is 0.410 e. The third kappa shape index (κ3) is 4.35. The summed E-state index contributed by atoms with van der Waals surface area (Å²) in [5.41, 5.74) is 1.58. The van der Waals surface area contributed by atoms with Gasteiger partial charge in [-0.25, -0.2) is 18.4 Å². The van der Waals surface area contributed by atoms with Gasteiger partial charge in [0.25, 0.3) is 0 Å². The highest BCUT2D eigenvalue weighted by atomic mass is 32.2. The van der Waals surface area contributed by atoms with Gasteiger partial charge in [0.2, 0.25) is 10.0 Å². The van der Waals surface area contributed by atoms with Crippen molar-refractivity contribution in [1.82, 2.24) is 4.98 Å². The number of nitrogens with two attached hydrogens (primary N) is 1. The van der Waals surface area contributed by atoms with E-state index in [0.717, 1.165) is 10.2 Å². The minimum atomic E-state index is -3.80. The molecule has 1 aromatic heterocycles. The second kappa shape index (κ2) is 7.39. The Bertz CT molecular complexity index is 1150. The molecule has 0 saturated carbocycles. The van der Waals surface area contributed by atoms with Crippen LogP contribution in [0.15, 0.2) is 47.4 Å². The van der Waals surface area contributed by atoms with E-state index in [9.17, 15) is 13.2 Å². The molecule has 0 aliphatic rings. The third-order valence-corrected chi connectivity index (χ3v) is 5.88. The molecule has 0 radical (unpaired) electrons. The van der Waals surface area contributed by atoms with Crippen LogP contribution in [0, 0.1) is 3.95 Å². The molecule has 3 aromatic rings. The highest BCUT2D eigenvalue weighted by Gasteiger charge is 2.22. The molecule has 7 nitrogen and oxygen atoms in total. The standard InChI is InChI=1S/C17H17N3O4S3/c1-10(2)20(11-3-8-14-15(9-11)26-16(25)19-14)17(21)24-12-4-6-13(7-5-12)27(18,22)23/h3-10H,1-2H3,(H,19,25)(H2,18,22,23). The minimum absolute atomic E-state index is 0.0536. The summed E-state index contributed by atoms with van der Waals surface area (Å²) in [5.74, 6) is 0.219. The molecule has 142 valence electrons. The van der Waals surface area contributed by atoms with Crippen molar-refractivity contribution in [2.75, 3.05) is 4.90 Å². The van der Waals surface area contributed by atoms with Crippen LogP contribution >= 0.6 is 23.6 Å². The monoisotopic (exact) mass is 423 g/mol. The van der Waals surface area contributed by atoms with E-state index in [1.54, 1.807) is 0 Å². The molecule has 0 aliphatic carbocycles. The summed E-state index contributed by atoms with van der Waals surface area (Å²) >= 11 is 6.58. The number of hydrogen-bond acceptors (Lipinski definition) is 6. The van der Waals surface area contributed by atoms with Crippen LogP contribution < -0.4 is 14.8 Å². The van der Waals surface area contributed by atoms with Crippen molar-refractivity contribution < 1.29 is 17.9 Å². The van der Waals surface area contributed by atoms with Gasteiger partial charge >= 0.3 is 6.09 Å². The van der Waals surface area contributed by atoms with Crippen LogP contribution in [0.3, 0.4) is 0 Å². The maximum absolute atomic E-state index is 12.7. The molecule has 0 unspecified atom stereocenters. The van der Waals surface area contributed by atoms with Crippen LogP contribution in [0.2, 0.25) is 0 Å². The molecule has 27 heavy (non-hydrogen) atoms. The summed E-state index contributed by atoms with van der Waals surface area (Å²) in [4.78, 5) is 17.2. The van der Waals surface area contributed by atoms with Crippen LogP contribution in [-0.2, 0) is 10.0 Å². The molecule has 1 heterocycles. The van der Waals surface area contributed by atoms with Crippen molar-refractivity contribution in [2.24, 2.45) is 5.14 Å². The summed E-state index contributed by atoms with van der Waals surface area (Å²) in [7, 11) is -3.80. The second-order valence-corrected chi connectivity index (χ2v) is 9.32. The molecule has 3 rings (SSSR count). The summed E-state index contributed by atoms with van der Waals surface area (Å²) < 4.78 is 29.6. The first-order valence-corrected chi connectivity index (χ1v) is 10.7. The van der Waals surface area contributed by atoms with Crippen molar-refractivity contribution in [3.8, 4) is 5.75 Å². The largest absolute Gasteiger partial charge is 0.419 e. The van der Waals surface area contributed by atoms with Gasteiger partial charge in [0.05, 0.1) is 15.1 Å². The number of benzene rings is 2. The Kier molecular flexibility index (Phi) is 5.33. The van der Waals surface area contributed by atoms with Crippen molar-refractivity contribution in [1.29, 1.82) is 0 Å². The van der Waals surface area contributed by atoms with E-state index in [1.165, 1.54) is 40.5 Å². The van der Waals surface area contributed by atoms with Gasteiger partial charge in [0, 0.05) is 11.7 Å². The van der Waals surface area contributed by atoms with Gasteiger partial charge in [-0.2, -0.15) is 0 Å². The number of carbonyl (C=O) groups is 1. The van der Waals surface area contributed by atoms with Gasteiger partial charge in [0.15, 0.2) is 3.95 Å². The number of amides is 1. The predicted molar refractivity (Wildman–Crippen MR) is 108 cm³/mol. The molecule has 0 spiro atoms. The van der Waals surface area contributed by atoms with Crippen LogP contribution in [0.25, 0.3) is 10.2 Å². The average Bonchev–Trinajstić information content (AvgIpc) is 2.93. The second-order valence-electron chi connectivity index (χ2n) is 6.04. The molecule has 1 amide bonds. The van der Waals surface area contributed by atoms with E-state index >= 15 is 0 Å². The maximum atomic E-state index is 12.7. The van der Waals surface area contributed by atoms with Crippen LogP contribution in [0.5, 0.6) is 5.75 Å². The number of nitrogens with one attached hydrogen (secondary N) is 1. The van der Waals surface area contributed by atoms with Crippen molar-refractivity contribution in [2.45, 2.75) is 24.8 Å². The van der Waals surface area contributed by atoms with E-state index in [4.69, 9.17) is 22.1 Å². The van der Waals surface area contributed by atoms with Gasteiger partial charge in [-0.3, -0.25) is 4.90 Å². The van der Waals surface area contributed by atoms with Gasteiger partial charge in [-0.05, 0) is 68.5 Å². The molecule has 3 N–H and O–H groups in total. The molecule has 0 aliphatic heterocycles. The first-order chi connectivity index (χ1) is 12.6. The fourth-order valence-electron chi connectivity index (χ4n) is 2.55. The lowest BCUT2D eigenvalue weighted by atomic mass is 10.2. The number of H-pyrrole nitrogens is 1. The minimum Gasteiger partial charge on any atom is -0.410 e. The molecule has 0 saturated heterocycles. The number of anilines is 1. The number of fused-ring (bicyclic) bond motifs is 1. The fraction of sp³-hybridized carbons (Fsp3) is 0.176. The quantitative estimate of drug-likeness (QED) is 0.617. The number of aromatic nitrogens is 1. The lowest BCUT2D eigenvalue weighted by Crippen LogP contribution is -2.39.